The third kappa shape index (κ3) is 3.68. The number of piperazine rings is 1. The number of pyridine rings is 1. The Balaban J connectivity index is 1.41. The van der Waals surface area contributed by atoms with Crippen molar-refractivity contribution in [3.8, 4) is 0 Å². The van der Waals surface area contributed by atoms with Gasteiger partial charge in [0.05, 0.1) is 11.2 Å². The number of hydrogen-bond acceptors (Lipinski definition) is 5. The molecule has 0 atom stereocenters. The molecule has 0 unspecified atom stereocenters. The lowest BCUT2D eigenvalue weighted by molar-refractivity contribution is 0.120. The van der Waals surface area contributed by atoms with Crippen molar-refractivity contribution in [1.82, 2.24) is 19.9 Å². The van der Waals surface area contributed by atoms with Crippen LogP contribution in [0, 0.1) is 6.92 Å². The fourth-order valence-electron chi connectivity index (χ4n) is 3.38. The van der Waals surface area contributed by atoms with Crippen molar-refractivity contribution in [2.75, 3.05) is 26.2 Å². The standard InChI is InChI=1S/C19H21ClN4O/c1-14-11-16(22-25-14)12-23-7-9-24(10-8-23)13-17-18(20)5-4-15-3-2-6-21-19(15)17/h2-6,11H,7-10,12-13H2,1H3. The van der Waals surface area contributed by atoms with Crippen LogP contribution in [-0.4, -0.2) is 46.1 Å². The van der Waals surface area contributed by atoms with E-state index in [0.717, 1.165) is 72.2 Å². The van der Waals surface area contributed by atoms with Crippen LogP contribution in [0.3, 0.4) is 0 Å². The highest BCUT2D eigenvalue weighted by molar-refractivity contribution is 6.32. The van der Waals surface area contributed by atoms with E-state index < -0.39 is 0 Å². The number of benzene rings is 1. The highest BCUT2D eigenvalue weighted by Gasteiger charge is 2.20. The van der Waals surface area contributed by atoms with Gasteiger partial charge in [0, 0.05) is 67.5 Å². The smallest absolute Gasteiger partial charge is 0.133 e. The quantitative estimate of drug-likeness (QED) is 0.716. The number of aryl methyl sites for hydroxylation is 1. The van der Waals surface area contributed by atoms with E-state index in [9.17, 15) is 0 Å². The van der Waals surface area contributed by atoms with E-state index in [1.165, 1.54) is 0 Å². The van der Waals surface area contributed by atoms with Crippen molar-refractivity contribution in [3.63, 3.8) is 0 Å². The van der Waals surface area contributed by atoms with Gasteiger partial charge in [-0.3, -0.25) is 14.8 Å². The lowest BCUT2D eigenvalue weighted by Crippen LogP contribution is -2.45. The third-order valence-corrected chi connectivity index (χ3v) is 5.09. The zero-order chi connectivity index (χ0) is 17.2. The largest absolute Gasteiger partial charge is 0.361 e. The molecular weight excluding hydrogens is 336 g/mol. The van der Waals surface area contributed by atoms with Crippen molar-refractivity contribution < 1.29 is 4.52 Å². The van der Waals surface area contributed by atoms with E-state index in [1.807, 2.05) is 37.4 Å². The molecule has 1 aliphatic heterocycles. The van der Waals surface area contributed by atoms with E-state index in [4.69, 9.17) is 16.1 Å². The van der Waals surface area contributed by atoms with Crippen molar-refractivity contribution in [2.45, 2.75) is 20.0 Å². The molecule has 0 aliphatic carbocycles. The van der Waals surface area contributed by atoms with Gasteiger partial charge in [0.1, 0.15) is 5.76 Å². The van der Waals surface area contributed by atoms with E-state index >= 15 is 0 Å². The normalized spacial score (nSPS) is 16.6. The minimum absolute atomic E-state index is 0.798. The first kappa shape index (κ1) is 16.5. The number of hydrogen-bond donors (Lipinski definition) is 0. The molecule has 1 fully saturated rings. The minimum Gasteiger partial charge on any atom is -0.361 e. The molecule has 5 nitrogen and oxygen atoms in total. The van der Waals surface area contributed by atoms with Crippen LogP contribution >= 0.6 is 11.6 Å². The second kappa shape index (κ2) is 7.12. The van der Waals surface area contributed by atoms with E-state index in [2.05, 4.69) is 26.0 Å². The molecule has 0 saturated carbocycles. The maximum atomic E-state index is 6.46. The van der Waals surface area contributed by atoms with E-state index in [-0.39, 0.29) is 0 Å². The lowest BCUT2D eigenvalue weighted by Gasteiger charge is -2.34. The molecule has 0 N–H and O–H groups in total. The molecule has 0 amide bonds. The average Bonchev–Trinajstić information content (AvgIpc) is 3.04. The molecule has 1 aliphatic rings. The van der Waals surface area contributed by atoms with Gasteiger partial charge in [-0.1, -0.05) is 28.9 Å². The fraction of sp³-hybridized carbons (Fsp3) is 0.368. The van der Waals surface area contributed by atoms with Crippen molar-refractivity contribution >= 4 is 22.5 Å². The van der Waals surface area contributed by atoms with Gasteiger partial charge in [-0.2, -0.15) is 0 Å². The maximum absolute atomic E-state index is 6.46. The molecule has 1 aromatic carbocycles. The highest BCUT2D eigenvalue weighted by atomic mass is 35.5. The number of aromatic nitrogens is 2. The van der Waals surface area contributed by atoms with Gasteiger partial charge in [-0.05, 0) is 19.1 Å². The maximum Gasteiger partial charge on any atom is 0.133 e. The predicted molar refractivity (Wildman–Crippen MR) is 98.5 cm³/mol. The molecule has 25 heavy (non-hydrogen) atoms. The number of halogens is 1. The Hall–Kier alpha value is -1.95. The molecule has 6 heteroatoms. The second-order valence-corrected chi connectivity index (χ2v) is 6.99. The molecule has 3 aromatic rings. The topological polar surface area (TPSA) is 45.4 Å². The van der Waals surface area contributed by atoms with Crippen LogP contribution in [0.5, 0.6) is 0 Å². The Labute approximate surface area is 152 Å². The molecule has 0 radical (unpaired) electrons. The average molecular weight is 357 g/mol. The van der Waals surface area contributed by atoms with Gasteiger partial charge in [-0.15, -0.1) is 0 Å². The Kier molecular flexibility index (Phi) is 4.70. The van der Waals surface area contributed by atoms with E-state index in [1.54, 1.807) is 0 Å². The Morgan fingerprint density at radius 1 is 1.08 bits per heavy atom. The second-order valence-electron chi connectivity index (χ2n) is 6.58. The zero-order valence-corrected chi connectivity index (χ0v) is 15.0. The summed E-state index contributed by atoms with van der Waals surface area (Å²) >= 11 is 6.46. The van der Waals surface area contributed by atoms with Gasteiger partial charge in [0.15, 0.2) is 0 Å². The first-order valence-electron chi connectivity index (χ1n) is 8.58. The van der Waals surface area contributed by atoms with Gasteiger partial charge >= 0.3 is 0 Å². The van der Waals surface area contributed by atoms with Crippen molar-refractivity contribution in [3.05, 3.63) is 58.6 Å². The SMILES string of the molecule is Cc1cc(CN2CCN(Cc3c(Cl)ccc4cccnc34)CC2)no1. The summed E-state index contributed by atoms with van der Waals surface area (Å²) in [5.41, 5.74) is 3.14. The summed E-state index contributed by atoms with van der Waals surface area (Å²) in [7, 11) is 0. The van der Waals surface area contributed by atoms with Crippen LogP contribution in [0.2, 0.25) is 5.02 Å². The van der Waals surface area contributed by atoms with Gasteiger partial charge in [0.2, 0.25) is 0 Å². The molecule has 4 rings (SSSR count). The van der Waals surface area contributed by atoms with Gasteiger partial charge in [-0.25, -0.2) is 0 Å². The van der Waals surface area contributed by atoms with Crippen LogP contribution in [0.15, 0.2) is 41.1 Å². The number of fused-ring (bicyclic) bond motifs is 1. The van der Waals surface area contributed by atoms with Crippen LogP contribution in [0.1, 0.15) is 17.0 Å². The van der Waals surface area contributed by atoms with Crippen LogP contribution in [-0.2, 0) is 13.1 Å². The van der Waals surface area contributed by atoms with Crippen LogP contribution in [0.25, 0.3) is 10.9 Å². The zero-order valence-electron chi connectivity index (χ0n) is 14.3. The molecular formula is C19H21ClN4O. The summed E-state index contributed by atoms with van der Waals surface area (Å²) in [6.45, 7) is 7.67. The monoisotopic (exact) mass is 356 g/mol. The van der Waals surface area contributed by atoms with Crippen LogP contribution < -0.4 is 0 Å². The summed E-state index contributed by atoms with van der Waals surface area (Å²) in [6, 6.07) is 10.1. The van der Waals surface area contributed by atoms with Crippen molar-refractivity contribution in [1.29, 1.82) is 0 Å². The lowest BCUT2D eigenvalue weighted by atomic mass is 10.1. The fourth-order valence-corrected chi connectivity index (χ4v) is 3.59. The van der Waals surface area contributed by atoms with Gasteiger partial charge < -0.3 is 4.52 Å². The summed E-state index contributed by atoms with van der Waals surface area (Å²) in [6.07, 6.45) is 1.83. The Morgan fingerprint density at radius 3 is 2.56 bits per heavy atom. The summed E-state index contributed by atoms with van der Waals surface area (Å²) in [5, 5.41) is 6.02. The first-order chi connectivity index (χ1) is 12.2. The summed E-state index contributed by atoms with van der Waals surface area (Å²) in [4.78, 5) is 9.40. The third-order valence-electron chi connectivity index (χ3n) is 4.73. The minimum atomic E-state index is 0.798. The van der Waals surface area contributed by atoms with Crippen LogP contribution in [0.4, 0.5) is 0 Å². The molecule has 2 aromatic heterocycles. The van der Waals surface area contributed by atoms with E-state index in [0.29, 0.717) is 0 Å². The van der Waals surface area contributed by atoms with Crippen molar-refractivity contribution in [2.24, 2.45) is 0 Å². The Bertz CT molecular complexity index is 871. The Morgan fingerprint density at radius 2 is 1.84 bits per heavy atom. The highest BCUT2D eigenvalue weighted by Crippen LogP contribution is 2.26. The summed E-state index contributed by atoms with van der Waals surface area (Å²) < 4.78 is 5.15. The molecule has 0 bridgehead atoms. The molecule has 130 valence electrons. The summed E-state index contributed by atoms with van der Waals surface area (Å²) in [5.74, 6) is 0.867. The molecule has 0 spiro atoms. The molecule has 3 heterocycles. The first-order valence-corrected chi connectivity index (χ1v) is 8.96. The number of nitrogens with zero attached hydrogens (tertiary/aromatic N) is 4. The number of rotatable bonds is 4. The molecule has 1 saturated heterocycles. The predicted octanol–water partition coefficient (Wildman–Crippen LogP) is 3.50. The van der Waals surface area contributed by atoms with Gasteiger partial charge in [0.25, 0.3) is 0 Å².